The predicted octanol–water partition coefficient (Wildman–Crippen LogP) is 3.32. The fourth-order valence-corrected chi connectivity index (χ4v) is 3.77. The molecule has 0 bridgehead atoms. The third-order valence-corrected chi connectivity index (χ3v) is 5.46. The zero-order valence-electron chi connectivity index (χ0n) is 16.5. The van der Waals surface area contributed by atoms with Crippen molar-refractivity contribution in [2.24, 2.45) is 5.73 Å². The summed E-state index contributed by atoms with van der Waals surface area (Å²) in [7, 11) is 0. The summed E-state index contributed by atoms with van der Waals surface area (Å²) in [6.07, 6.45) is 1.63. The molecule has 1 fully saturated rings. The summed E-state index contributed by atoms with van der Waals surface area (Å²) >= 11 is 0. The Morgan fingerprint density at radius 3 is 2.69 bits per heavy atom. The molecule has 6 nitrogen and oxygen atoms in total. The van der Waals surface area contributed by atoms with Crippen LogP contribution in [0.3, 0.4) is 0 Å². The Kier molecular flexibility index (Phi) is 5.15. The zero-order valence-corrected chi connectivity index (χ0v) is 16.5. The van der Waals surface area contributed by atoms with Gasteiger partial charge in [0.05, 0.1) is 23.3 Å². The van der Waals surface area contributed by atoms with Crippen molar-refractivity contribution < 1.29 is 9.18 Å². The number of aryl methyl sites for hydroxylation is 1. The number of hydrogen-bond acceptors (Lipinski definition) is 5. The van der Waals surface area contributed by atoms with Gasteiger partial charge in [0, 0.05) is 18.4 Å². The topological polar surface area (TPSA) is 84.1 Å². The van der Waals surface area contributed by atoms with E-state index in [1.165, 1.54) is 6.07 Å². The smallest absolute Gasteiger partial charge is 0.250 e. The molecule has 1 aliphatic rings. The van der Waals surface area contributed by atoms with Gasteiger partial charge in [0.15, 0.2) is 0 Å². The van der Waals surface area contributed by atoms with Crippen LogP contribution < -0.4 is 16.0 Å². The van der Waals surface area contributed by atoms with Gasteiger partial charge in [0.25, 0.3) is 5.91 Å². The summed E-state index contributed by atoms with van der Waals surface area (Å²) in [6.45, 7) is 4.92. The van der Waals surface area contributed by atoms with Crippen molar-refractivity contribution in [3.63, 3.8) is 0 Å². The number of carbonyl (C=O) groups is 1. The van der Waals surface area contributed by atoms with Crippen molar-refractivity contribution >= 4 is 22.6 Å². The van der Waals surface area contributed by atoms with Gasteiger partial charge in [-0.1, -0.05) is 25.1 Å². The number of nitrogens with two attached hydrogens (primary N) is 1. The monoisotopic (exact) mass is 393 g/mol. The molecule has 0 saturated carbocycles. The summed E-state index contributed by atoms with van der Waals surface area (Å²) < 4.78 is 13.9. The first-order valence-corrected chi connectivity index (χ1v) is 9.86. The SMILES string of the molecule is CCc1nc(N(C2CCN2)[C@@H](C)c2cccc(F)c2)c2cccc(C(N)=O)c2n1. The Labute approximate surface area is 168 Å². The number of amides is 1. The molecule has 2 atom stereocenters. The van der Waals surface area contributed by atoms with Gasteiger partial charge < -0.3 is 10.6 Å². The number of anilines is 1. The summed E-state index contributed by atoms with van der Waals surface area (Å²) in [6, 6.07) is 11.9. The van der Waals surface area contributed by atoms with Gasteiger partial charge in [0.1, 0.15) is 17.5 Å². The van der Waals surface area contributed by atoms with Crippen molar-refractivity contribution in [1.82, 2.24) is 15.3 Å². The molecule has 150 valence electrons. The lowest BCUT2D eigenvalue weighted by Gasteiger charge is -2.43. The van der Waals surface area contributed by atoms with Crippen LogP contribution in [0.1, 0.15) is 48.1 Å². The third kappa shape index (κ3) is 3.53. The van der Waals surface area contributed by atoms with Crippen LogP contribution in [0.5, 0.6) is 0 Å². The number of rotatable bonds is 6. The van der Waals surface area contributed by atoms with Crippen LogP contribution in [-0.2, 0) is 6.42 Å². The minimum absolute atomic E-state index is 0.0632. The normalized spacial score (nSPS) is 17.0. The van der Waals surface area contributed by atoms with Crippen molar-refractivity contribution in [1.29, 1.82) is 0 Å². The van der Waals surface area contributed by atoms with E-state index >= 15 is 0 Å². The summed E-state index contributed by atoms with van der Waals surface area (Å²) in [5.74, 6) is 0.573. The summed E-state index contributed by atoms with van der Waals surface area (Å²) in [5.41, 5.74) is 7.38. The van der Waals surface area contributed by atoms with E-state index in [0.29, 0.717) is 23.3 Å². The molecule has 3 aromatic rings. The van der Waals surface area contributed by atoms with E-state index in [1.54, 1.807) is 24.3 Å². The molecule has 0 spiro atoms. The maximum atomic E-state index is 13.9. The molecule has 4 rings (SSSR count). The van der Waals surface area contributed by atoms with Gasteiger partial charge in [-0.25, -0.2) is 14.4 Å². The van der Waals surface area contributed by atoms with E-state index in [4.69, 9.17) is 10.7 Å². The molecule has 2 heterocycles. The van der Waals surface area contributed by atoms with Gasteiger partial charge in [-0.3, -0.25) is 10.1 Å². The Bertz CT molecular complexity index is 1070. The summed E-state index contributed by atoms with van der Waals surface area (Å²) in [5, 5.41) is 4.19. The number of aromatic nitrogens is 2. The number of carbonyl (C=O) groups excluding carboxylic acids is 1. The highest BCUT2D eigenvalue weighted by molar-refractivity contribution is 6.07. The van der Waals surface area contributed by atoms with E-state index in [9.17, 15) is 9.18 Å². The molecular weight excluding hydrogens is 369 g/mol. The van der Waals surface area contributed by atoms with Crippen molar-refractivity contribution in [2.75, 3.05) is 11.4 Å². The fourth-order valence-electron chi connectivity index (χ4n) is 3.77. The first-order valence-electron chi connectivity index (χ1n) is 9.86. The number of benzene rings is 2. The lowest BCUT2D eigenvalue weighted by Crippen LogP contribution is -2.56. The summed E-state index contributed by atoms with van der Waals surface area (Å²) in [4.78, 5) is 23.6. The lowest BCUT2D eigenvalue weighted by molar-refractivity contribution is 0.100. The van der Waals surface area contributed by atoms with Gasteiger partial charge in [-0.2, -0.15) is 0 Å². The number of hydrogen-bond donors (Lipinski definition) is 2. The molecule has 0 aliphatic carbocycles. The zero-order chi connectivity index (χ0) is 20.5. The molecule has 1 aliphatic heterocycles. The van der Waals surface area contributed by atoms with Crippen molar-refractivity contribution in [3.8, 4) is 0 Å². The van der Waals surface area contributed by atoms with Gasteiger partial charge >= 0.3 is 0 Å². The molecular formula is C22H24FN5O. The predicted molar refractivity (Wildman–Crippen MR) is 111 cm³/mol. The molecule has 0 radical (unpaired) electrons. The average Bonchev–Trinajstić information content (AvgIpc) is 2.68. The van der Waals surface area contributed by atoms with Crippen LogP contribution in [0.2, 0.25) is 0 Å². The molecule has 1 amide bonds. The number of para-hydroxylation sites is 1. The second-order valence-corrected chi connectivity index (χ2v) is 7.28. The molecule has 7 heteroatoms. The number of nitrogens with one attached hydrogen (secondary N) is 1. The standard InChI is InChI=1S/C22H24FN5O/c1-3-18-26-20-16(21(24)29)8-5-9-17(20)22(27-18)28(19-10-11-25-19)13(2)14-6-4-7-15(23)12-14/h4-9,12-13,19,25H,3,10-11H2,1-2H3,(H2,24,29)/t13-,19?/m0/s1. The molecule has 1 aromatic heterocycles. The highest BCUT2D eigenvalue weighted by Gasteiger charge is 2.32. The van der Waals surface area contributed by atoms with Crippen LogP contribution in [0.4, 0.5) is 10.2 Å². The van der Waals surface area contributed by atoms with Crippen LogP contribution in [0.25, 0.3) is 10.9 Å². The average molecular weight is 393 g/mol. The Hall–Kier alpha value is -3.06. The van der Waals surface area contributed by atoms with Crippen LogP contribution >= 0.6 is 0 Å². The molecule has 3 N–H and O–H groups in total. The van der Waals surface area contributed by atoms with E-state index in [-0.39, 0.29) is 18.0 Å². The van der Waals surface area contributed by atoms with Crippen LogP contribution in [0, 0.1) is 5.82 Å². The van der Waals surface area contributed by atoms with Crippen molar-refractivity contribution in [3.05, 3.63) is 65.2 Å². The first kappa shape index (κ1) is 19.3. The minimum Gasteiger partial charge on any atom is -0.366 e. The molecule has 2 aromatic carbocycles. The van der Waals surface area contributed by atoms with Gasteiger partial charge in [-0.15, -0.1) is 0 Å². The van der Waals surface area contributed by atoms with E-state index in [0.717, 1.165) is 29.7 Å². The number of fused-ring (bicyclic) bond motifs is 1. The first-order chi connectivity index (χ1) is 14.0. The number of halogens is 1. The Balaban J connectivity index is 1.93. The Morgan fingerprint density at radius 2 is 2.07 bits per heavy atom. The van der Waals surface area contributed by atoms with Crippen LogP contribution in [-0.4, -0.2) is 28.6 Å². The lowest BCUT2D eigenvalue weighted by atomic mass is 10.0. The highest BCUT2D eigenvalue weighted by Crippen LogP contribution is 2.35. The van der Waals surface area contributed by atoms with E-state index in [1.807, 2.05) is 26.0 Å². The second-order valence-electron chi connectivity index (χ2n) is 7.28. The second kappa shape index (κ2) is 7.75. The molecule has 1 saturated heterocycles. The third-order valence-electron chi connectivity index (χ3n) is 5.46. The number of primary amides is 1. The van der Waals surface area contributed by atoms with Crippen LogP contribution in [0.15, 0.2) is 42.5 Å². The quantitative estimate of drug-likeness (QED) is 0.671. The number of nitrogens with zero attached hydrogens (tertiary/aromatic N) is 3. The minimum atomic E-state index is -0.520. The Morgan fingerprint density at radius 1 is 1.31 bits per heavy atom. The van der Waals surface area contributed by atoms with Gasteiger partial charge in [0.2, 0.25) is 0 Å². The molecule has 29 heavy (non-hydrogen) atoms. The fraction of sp³-hybridized carbons (Fsp3) is 0.318. The highest BCUT2D eigenvalue weighted by atomic mass is 19.1. The largest absolute Gasteiger partial charge is 0.366 e. The van der Waals surface area contributed by atoms with Crippen molar-refractivity contribution in [2.45, 2.75) is 38.9 Å². The molecule has 1 unspecified atom stereocenters. The maximum absolute atomic E-state index is 13.9. The van der Waals surface area contributed by atoms with E-state index in [2.05, 4.69) is 15.2 Å². The maximum Gasteiger partial charge on any atom is 0.250 e. The van der Waals surface area contributed by atoms with E-state index < -0.39 is 5.91 Å². The van der Waals surface area contributed by atoms with Gasteiger partial charge in [-0.05, 0) is 43.2 Å².